The van der Waals surface area contributed by atoms with Gasteiger partial charge in [0.25, 0.3) is 0 Å². The number of hydrogen-bond donors (Lipinski definition) is 1. The average molecular weight is 326 g/mol. The molecular formula is C20H26N2O2. The molecule has 0 amide bonds. The Morgan fingerprint density at radius 1 is 1.25 bits per heavy atom. The number of oxazole rings is 1. The van der Waals surface area contributed by atoms with Gasteiger partial charge in [-0.05, 0) is 45.7 Å². The standard InChI is InChI=1S/C20H26N2O2/c1-15(2)6-5-7-16(3)10-11-22-17-8-9-18(19(12-17)23-4)20-13-21-14-24-20/h6,8-10,12-14,22H,5,7,11H2,1-4H3. The maximum atomic E-state index is 5.46. The smallest absolute Gasteiger partial charge is 0.181 e. The molecule has 0 saturated heterocycles. The monoisotopic (exact) mass is 326 g/mol. The molecule has 0 aliphatic carbocycles. The number of methoxy groups -OCH3 is 1. The molecule has 4 heteroatoms. The lowest BCUT2D eigenvalue weighted by atomic mass is 10.1. The van der Waals surface area contributed by atoms with Crippen LogP contribution < -0.4 is 10.1 Å². The maximum absolute atomic E-state index is 5.46. The van der Waals surface area contributed by atoms with Crippen LogP contribution in [0.2, 0.25) is 0 Å². The van der Waals surface area contributed by atoms with Crippen molar-refractivity contribution in [3.8, 4) is 17.1 Å². The number of nitrogens with zero attached hydrogens (tertiary/aromatic N) is 1. The number of ether oxygens (including phenoxy) is 1. The lowest BCUT2D eigenvalue weighted by molar-refractivity contribution is 0.415. The minimum atomic E-state index is 0.702. The van der Waals surface area contributed by atoms with Crippen molar-refractivity contribution < 1.29 is 9.15 Å². The molecule has 0 fully saturated rings. The van der Waals surface area contributed by atoms with Gasteiger partial charge in [0.15, 0.2) is 12.2 Å². The third kappa shape index (κ3) is 5.30. The lowest BCUT2D eigenvalue weighted by Crippen LogP contribution is -2.00. The molecule has 2 aromatic rings. The Balaban J connectivity index is 1.95. The van der Waals surface area contributed by atoms with Crippen LogP contribution in [0.4, 0.5) is 5.69 Å². The molecule has 128 valence electrons. The molecule has 0 radical (unpaired) electrons. The molecular weight excluding hydrogens is 300 g/mol. The maximum Gasteiger partial charge on any atom is 0.181 e. The van der Waals surface area contributed by atoms with Gasteiger partial charge < -0.3 is 14.5 Å². The Labute approximate surface area is 144 Å². The Bertz CT molecular complexity index is 696. The molecule has 1 aromatic heterocycles. The third-order valence-electron chi connectivity index (χ3n) is 3.75. The molecule has 0 aliphatic heterocycles. The number of hydrogen-bond acceptors (Lipinski definition) is 4. The fourth-order valence-corrected chi connectivity index (χ4v) is 2.39. The normalized spacial score (nSPS) is 11.2. The van der Waals surface area contributed by atoms with Gasteiger partial charge in [-0.3, -0.25) is 0 Å². The zero-order valence-electron chi connectivity index (χ0n) is 14.9. The first-order valence-electron chi connectivity index (χ1n) is 8.20. The van der Waals surface area contributed by atoms with Gasteiger partial charge in [0.2, 0.25) is 0 Å². The summed E-state index contributed by atoms with van der Waals surface area (Å²) in [5.41, 5.74) is 4.68. The van der Waals surface area contributed by atoms with Crippen LogP contribution >= 0.6 is 0 Å². The number of allylic oxidation sites excluding steroid dienone is 3. The summed E-state index contributed by atoms with van der Waals surface area (Å²) in [5, 5.41) is 3.40. The summed E-state index contributed by atoms with van der Waals surface area (Å²) in [6.45, 7) is 7.24. The second-order valence-corrected chi connectivity index (χ2v) is 6.03. The third-order valence-corrected chi connectivity index (χ3v) is 3.75. The van der Waals surface area contributed by atoms with Gasteiger partial charge in [0.1, 0.15) is 5.75 Å². The van der Waals surface area contributed by atoms with Gasteiger partial charge in [-0.25, -0.2) is 4.98 Å². The largest absolute Gasteiger partial charge is 0.496 e. The van der Waals surface area contributed by atoms with Gasteiger partial charge in [-0.1, -0.05) is 23.3 Å². The number of nitrogens with one attached hydrogen (secondary N) is 1. The van der Waals surface area contributed by atoms with E-state index in [0.717, 1.165) is 36.4 Å². The molecule has 1 aromatic carbocycles. The van der Waals surface area contributed by atoms with Gasteiger partial charge >= 0.3 is 0 Å². The van der Waals surface area contributed by atoms with E-state index in [2.05, 4.69) is 43.2 Å². The summed E-state index contributed by atoms with van der Waals surface area (Å²) in [7, 11) is 1.66. The molecule has 2 rings (SSSR count). The second-order valence-electron chi connectivity index (χ2n) is 6.03. The Kier molecular flexibility index (Phi) is 6.67. The highest BCUT2D eigenvalue weighted by Gasteiger charge is 2.09. The summed E-state index contributed by atoms with van der Waals surface area (Å²) in [5.74, 6) is 1.47. The molecule has 24 heavy (non-hydrogen) atoms. The van der Waals surface area contributed by atoms with Crippen molar-refractivity contribution in [1.29, 1.82) is 0 Å². The minimum Gasteiger partial charge on any atom is -0.496 e. The second kappa shape index (κ2) is 8.96. The first kappa shape index (κ1) is 17.9. The molecule has 0 spiro atoms. The van der Waals surface area contributed by atoms with Crippen molar-refractivity contribution in [1.82, 2.24) is 4.98 Å². The fourth-order valence-electron chi connectivity index (χ4n) is 2.39. The summed E-state index contributed by atoms with van der Waals surface area (Å²) < 4.78 is 10.8. The lowest BCUT2D eigenvalue weighted by Gasteiger charge is -2.10. The summed E-state index contributed by atoms with van der Waals surface area (Å²) in [4.78, 5) is 3.95. The quantitative estimate of drug-likeness (QED) is 0.655. The van der Waals surface area contributed by atoms with Crippen molar-refractivity contribution in [3.63, 3.8) is 0 Å². The highest BCUT2D eigenvalue weighted by atomic mass is 16.5. The van der Waals surface area contributed by atoms with Crippen LogP contribution in [0.3, 0.4) is 0 Å². The van der Waals surface area contributed by atoms with Crippen LogP contribution in [-0.4, -0.2) is 18.6 Å². The number of aromatic nitrogens is 1. The molecule has 0 atom stereocenters. The van der Waals surface area contributed by atoms with E-state index in [1.54, 1.807) is 13.3 Å². The van der Waals surface area contributed by atoms with Crippen LogP contribution in [0.1, 0.15) is 33.6 Å². The Morgan fingerprint density at radius 3 is 2.75 bits per heavy atom. The average Bonchev–Trinajstić information content (AvgIpc) is 3.08. The number of benzene rings is 1. The highest BCUT2D eigenvalue weighted by Crippen LogP contribution is 2.32. The molecule has 0 aliphatic rings. The zero-order valence-corrected chi connectivity index (χ0v) is 14.9. The Hall–Kier alpha value is -2.49. The zero-order chi connectivity index (χ0) is 17.4. The molecule has 1 heterocycles. The first-order valence-corrected chi connectivity index (χ1v) is 8.20. The molecule has 0 bridgehead atoms. The Morgan fingerprint density at radius 2 is 2.08 bits per heavy atom. The fraction of sp³-hybridized carbons (Fsp3) is 0.350. The van der Waals surface area contributed by atoms with Crippen LogP contribution in [0.5, 0.6) is 5.75 Å². The van der Waals surface area contributed by atoms with E-state index in [-0.39, 0.29) is 0 Å². The summed E-state index contributed by atoms with van der Waals surface area (Å²) >= 11 is 0. The van der Waals surface area contributed by atoms with Gasteiger partial charge in [0.05, 0.1) is 18.9 Å². The van der Waals surface area contributed by atoms with E-state index < -0.39 is 0 Å². The van der Waals surface area contributed by atoms with E-state index in [9.17, 15) is 0 Å². The van der Waals surface area contributed by atoms with E-state index in [1.165, 1.54) is 17.5 Å². The van der Waals surface area contributed by atoms with Crippen LogP contribution in [0.25, 0.3) is 11.3 Å². The van der Waals surface area contributed by atoms with E-state index in [4.69, 9.17) is 9.15 Å². The van der Waals surface area contributed by atoms with E-state index in [1.807, 2.05) is 18.2 Å². The summed E-state index contributed by atoms with van der Waals surface area (Å²) in [6, 6.07) is 5.98. The van der Waals surface area contributed by atoms with E-state index in [0.29, 0.717) is 5.76 Å². The minimum absolute atomic E-state index is 0.702. The van der Waals surface area contributed by atoms with Crippen LogP contribution in [-0.2, 0) is 0 Å². The first-order chi connectivity index (χ1) is 11.6. The van der Waals surface area contributed by atoms with Crippen molar-refractivity contribution in [2.45, 2.75) is 33.6 Å². The molecule has 0 saturated carbocycles. The van der Waals surface area contributed by atoms with Crippen molar-refractivity contribution in [2.75, 3.05) is 19.0 Å². The van der Waals surface area contributed by atoms with Crippen molar-refractivity contribution in [2.24, 2.45) is 0 Å². The molecule has 4 nitrogen and oxygen atoms in total. The number of rotatable bonds is 8. The topological polar surface area (TPSA) is 47.3 Å². The number of anilines is 1. The van der Waals surface area contributed by atoms with E-state index >= 15 is 0 Å². The van der Waals surface area contributed by atoms with Crippen molar-refractivity contribution >= 4 is 5.69 Å². The van der Waals surface area contributed by atoms with Gasteiger partial charge in [-0.2, -0.15) is 0 Å². The van der Waals surface area contributed by atoms with Crippen LogP contribution in [0.15, 0.2) is 58.5 Å². The van der Waals surface area contributed by atoms with Gasteiger partial charge in [-0.15, -0.1) is 0 Å². The SMILES string of the molecule is COc1cc(NCC=C(C)CCC=C(C)C)ccc1-c1cnco1. The predicted molar refractivity (Wildman–Crippen MR) is 99.4 cm³/mol. The summed E-state index contributed by atoms with van der Waals surface area (Å²) in [6.07, 6.45) is 9.81. The predicted octanol–water partition coefficient (Wildman–Crippen LogP) is 5.45. The molecule has 1 N–H and O–H groups in total. The van der Waals surface area contributed by atoms with Crippen molar-refractivity contribution in [3.05, 3.63) is 54.1 Å². The molecule has 0 unspecified atom stereocenters. The van der Waals surface area contributed by atoms with Gasteiger partial charge in [0, 0.05) is 18.3 Å². The highest BCUT2D eigenvalue weighted by molar-refractivity contribution is 5.69. The van der Waals surface area contributed by atoms with Crippen LogP contribution in [0, 0.1) is 0 Å².